The minimum Gasteiger partial charge on any atom is -0.484 e. The highest BCUT2D eigenvalue weighted by molar-refractivity contribution is 5.88. The van der Waals surface area contributed by atoms with Gasteiger partial charge in [0, 0.05) is 19.5 Å². The van der Waals surface area contributed by atoms with Gasteiger partial charge in [0.25, 0.3) is 5.91 Å². The lowest BCUT2D eigenvalue weighted by Gasteiger charge is -2.31. The lowest BCUT2D eigenvalue weighted by Crippen LogP contribution is -2.52. The van der Waals surface area contributed by atoms with Gasteiger partial charge in [-0.3, -0.25) is 9.59 Å². The number of nitrogens with one attached hydrogen (secondary N) is 1. The van der Waals surface area contributed by atoms with E-state index < -0.39 is 6.04 Å². The largest absolute Gasteiger partial charge is 0.484 e. The molecular weight excluding hydrogens is 424 g/mol. The van der Waals surface area contributed by atoms with Crippen LogP contribution >= 0.6 is 0 Å². The van der Waals surface area contributed by atoms with Crippen LogP contribution in [-0.4, -0.2) is 35.9 Å². The van der Waals surface area contributed by atoms with Crippen molar-refractivity contribution in [3.8, 4) is 5.75 Å². The SMILES string of the molecule is Cc1ccccc1OCC(=O)N(Cc1ccccc1)[C@H](Cc1ccccc1)C(=O)NCC(C)C. The molecule has 0 bridgehead atoms. The van der Waals surface area contributed by atoms with Crippen LogP contribution in [0.3, 0.4) is 0 Å². The topological polar surface area (TPSA) is 58.6 Å². The number of hydrogen-bond donors (Lipinski definition) is 1. The van der Waals surface area contributed by atoms with Crippen molar-refractivity contribution in [2.45, 2.75) is 39.8 Å². The highest BCUT2D eigenvalue weighted by Crippen LogP contribution is 2.18. The molecule has 3 rings (SSSR count). The van der Waals surface area contributed by atoms with E-state index in [1.807, 2.05) is 91.9 Å². The van der Waals surface area contributed by atoms with E-state index in [1.54, 1.807) is 4.90 Å². The average Bonchev–Trinajstić information content (AvgIpc) is 2.85. The van der Waals surface area contributed by atoms with Crippen molar-refractivity contribution in [2.75, 3.05) is 13.2 Å². The molecular formula is C29H34N2O3. The third kappa shape index (κ3) is 7.48. The van der Waals surface area contributed by atoms with E-state index in [4.69, 9.17) is 4.74 Å². The summed E-state index contributed by atoms with van der Waals surface area (Å²) in [6.07, 6.45) is 0.424. The van der Waals surface area contributed by atoms with Crippen molar-refractivity contribution in [3.05, 3.63) is 102 Å². The molecule has 0 unspecified atom stereocenters. The van der Waals surface area contributed by atoms with Gasteiger partial charge in [-0.15, -0.1) is 0 Å². The summed E-state index contributed by atoms with van der Waals surface area (Å²) >= 11 is 0. The molecule has 0 saturated carbocycles. The number of aryl methyl sites for hydroxylation is 1. The van der Waals surface area contributed by atoms with Gasteiger partial charge in [0.2, 0.25) is 5.91 Å². The Kier molecular flexibility index (Phi) is 9.27. The van der Waals surface area contributed by atoms with Gasteiger partial charge in [-0.2, -0.15) is 0 Å². The number of benzene rings is 3. The molecule has 34 heavy (non-hydrogen) atoms. The molecule has 1 N–H and O–H groups in total. The predicted molar refractivity (Wildman–Crippen MR) is 135 cm³/mol. The number of amides is 2. The normalized spacial score (nSPS) is 11.6. The van der Waals surface area contributed by atoms with Gasteiger partial charge in [0.15, 0.2) is 6.61 Å². The highest BCUT2D eigenvalue weighted by atomic mass is 16.5. The second kappa shape index (κ2) is 12.6. The van der Waals surface area contributed by atoms with Crippen LogP contribution in [0.25, 0.3) is 0 Å². The molecule has 0 aliphatic carbocycles. The molecule has 0 aliphatic rings. The standard InChI is InChI=1S/C29H34N2O3/c1-22(2)19-30-29(33)26(18-24-13-6-4-7-14-24)31(20-25-15-8-5-9-16-25)28(32)21-34-27-17-11-10-12-23(27)3/h4-17,22,26H,18-21H2,1-3H3,(H,30,33)/t26-/m1/s1. The molecule has 0 fully saturated rings. The molecule has 5 nitrogen and oxygen atoms in total. The minimum absolute atomic E-state index is 0.138. The highest BCUT2D eigenvalue weighted by Gasteiger charge is 2.30. The van der Waals surface area contributed by atoms with E-state index >= 15 is 0 Å². The fraction of sp³-hybridized carbons (Fsp3) is 0.310. The monoisotopic (exact) mass is 458 g/mol. The first-order valence-corrected chi connectivity index (χ1v) is 11.8. The summed E-state index contributed by atoms with van der Waals surface area (Å²) in [4.78, 5) is 28.5. The number of nitrogens with zero attached hydrogens (tertiary/aromatic N) is 1. The Morgan fingerprint density at radius 2 is 1.44 bits per heavy atom. The zero-order chi connectivity index (χ0) is 24.3. The fourth-order valence-electron chi connectivity index (χ4n) is 3.70. The Balaban J connectivity index is 1.88. The summed E-state index contributed by atoms with van der Waals surface area (Å²) in [7, 11) is 0. The number of ether oxygens (including phenoxy) is 1. The molecule has 5 heteroatoms. The molecule has 3 aromatic carbocycles. The van der Waals surface area contributed by atoms with Crippen LogP contribution < -0.4 is 10.1 Å². The van der Waals surface area contributed by atoms with Crippen LogP contribution in [0, 0.1) is 12.8 Å². The van der Waals surface area contributed by atoms with Crippen LogP contribution in [0.15, 0.2) is 84.9 Å². The van der Waals surface area contributed by atoms with Crippen molar-refractivity contribution in [3.63, 3.8) is 0 Å². The third-order valence-corrected chi connectivity index (χ3v) is 5.60. The number of rotatable bonds is 11. The van der Waals surface area contributed by atoms with E-state index in [0.717, 1.165) is 16.7 Å². The second-order valence-corrected chi connectivity index (χ2v) is 8.91. The van der Waals surface area contributed by atoms with E-state index in [1.165, 1.54) is 0 Å². The molecule has 1 atom stereocenters. The smallest absolute Gasteiger partial charge is 0.261 e. The summed E-state index contributed by atoms with van der Waals surface area (Å²) in [5.74, 6) is 0.592. The molecule has 2 amide bonds. The molecule has 0 saturated heterocycles. The van der Waals surface area contributed by atoms with Crippen LogP contribution in [0.5, 0.6) is 5.75 Å². The van der Waals surface area contributed by atoms with Crippen molar-refractivity contribution in [2.24, 2.45) is 5.92 Å². The van der Waals surface area contributed by atoms with Gasteiger partial charge in [0.1, 0.15) is 11.8 Å². The quantitative estimate of drug-likeness (QED) is 0.450. The molecule has 3 aromatic rings. The van der Waals surface area contributed by atoms with Crippen molar-refractivity contribution >= 4 is 11.8 Å². The molecule has 0 aromatic heterocycles. The summed E-state index contributed by atoms with van der Waals surface area (Å²) in [5, 5.41) is 3.03. The van der Waals surface area contributed by atoms with Crippen molar-refractivity contribution in [1.29, 1.82) is 0 Å². The van der Waals surface area contributed by atoms with Gasteiger partial charge >= 0.3 is 0 Å². The lowest BCUT2D eigenvalue weighted by molar-refractivity contribution is -0.142. The van der Waals surface area contributed by atoms with E-state index in [2.05, 4.69) is 19.2 Å². The van der Waals surface area contributed by atoms with Gasteiger partial charge in [-0.05, 0) is 35.6 Å². The Morgan fingerprint density at radius 3 is 2.06 bits per heavy atom. The number of hydrogen-bond acceptors (Lipinski definition) is 3. The van der Waals surface area contributed by atoms with Crippen LogP contribution in [0.2, 0.25) is 0 Å². The summed E-state index contributed by atoms with van der Waals surface area (Å²) in [5.41, 5.74) is 2.92. The summed E-state index contributed by atoms with van der Waals surface area (Å²) in [6.45, 7) is 6.78. The molecule has 0 heterocycles. The maximum absolute atomic E-state index is 13.5. The maximum atomic E-state index is 13.5. The first-order valence-electron chi connectivity index (χ1n) is 11.8. The van der Waals surface area contributed by atoms with Crippen molar-refractivity contribution in [1.82, 2.24) is 10.2 Å². The zero-order valence-corrected chi connectivity index (χ0v) is 20.2. The first-order chi connectivity index (χ1) is 16.4. The zero-order valence-electron chi connectivity index (χ0n) is 20.2. The Bertz CT molecular complexity index is 1050. The van der Waals surface area contributed by atoms with Crippen LogP contribution in [0.1, 0.15) is 30.5 Å². The van der Waals surface area contributed by atoms with Crippen molar-refractivity contribution < 1.29 is 14.3 Å². The lowest BCUT2D eigenvalue weighted by atomic mass is 10.0. The Labute approximate surface area is 202 Å². The van der Waals surface area contributed by atoms with E-state index in [-0.39, 0.29) is 18.4 Å². The fourth-order valence-corrected chi connectivity index (χ4v) is 3.70. The van der Waals surface area contributed by atoms with Crippen LogP contribution in [-0.2, 0) is 22.6 Å². The summed E-state index contributed by atoms with van der Waals surface area (Å²) < 4.78 is 5.87. The minimum atomic E-state index is -0.658. The Morgan fingerprint density at radius 1 is 0.853 bits per heavy atom. The second-order valence-electron chi connectivity index (χ2n) is 8.91. The average molecular weight is 459 g/mol. The van der Waals surface area contributed by atoms with Gasteiger partial charge < -0.3 is 15.0 Å². The summed E-state index contributed by atoms with van der Waals surface area (Å²) in [6, 6.07) is 26.5. The number of carbonyl (C=O) groups is 2. The number of carbonyl (C=O) groups excluding carboxylic acids is 2. The van der Waals surface area contributed by atoms with Gasteiger partial charge in [-0.1, -0.05) is 92.7 Å². The number of para-hydroxylation sites is 1. The maximum Gasteiger partial charge on any atom is 0.261 e. The molecule has 178 valence electrons. The first kappa shape index (κ1) is 25.0. The molecule has 0 aliphatic heterocycles. The third-order valence-electron chi connectivity index (χ3n) is 5.60. The molecule has 0 spiro atoms. The Hall–Kier alpha value is -3.60. The van der Waals surface area contributed by atoms with Crippen LogP contribution in [0.4, 0.5) is 0 Å². The predicted octanol–water partition coefficient (Wildman–Crippen LogP) is 4.79. The van der Waals surface area contributed by atoms with E-state index in [0.29, 0.717) is 31.2 Å². The van der Waals surface area contributed by atoms with Gasteiger partial charge in [0.05, 0.1) is 0 Å². The van der Waals surface area contributed by atoms with Gasteiger partial charge in [-0.25, -0.2) is 0 Å². The molecule has 0 radical (unpaired) electrons. The van der Waals surface area contributed by atoms with E-state index in [9.17, 15) is 9.59 Å².